The van der Waals surface area contributed by atoms with Crippen molar-refractivity contribution in [1.29, 1.82) is 0 Å². The monoisotopic (exact) mass is 456 g/mol. The Bertz CT molecular complexity index is 1210. The van der Waals surface area contributed by atoms with Crippen LogP contribution in [-0.2, 0) is 7.05 Å². The van der Waals surface area contributed by atoms with Gasteiger partial charge in [0.15, 0.2) is 5.78 Å². The highest BCUT2D eigenvalue weighted by Crippen LogP contribution is 2.33. The van der Waals surface area contributed by atoms with E-state index in [2.05, 4.69) is 5.32 Å². The van der Waals surface area contributed by atoms with E-state index < -0.39 is 11.7 Å². The molecule has 0 radical (unpaired) electrons. The number of hydrogen-bond acceptors (Lipinski definition) is 4. The minimum absolute atomic E-state index is 0.0849. The van der Waals surface area contributed by atoms with Crippen molar-refractivity contribution in [2.75, 3.05) is 13.2 Å². The van der Waals surface area contributed by atoms with E-state index >= 15 is 0 Å². The third kappa shape index (κ3) is 5.49. The van der Waals surface area contributed by atoms with Gasteiger partial charge < -0.3 is 15.0 Å². The SMILES string of the molecule is Cn1cc(C(=O)CC(c2cccc(C(=O)NCCO)c2)c2ccc(Cl)cc2F)ccc1=O. The predicted molar refractivity (Wildman–Crippen MR) is 120 cm³/mol. The van der Waals surface area contributed by atoms with Gasteiger partial charge in [0.05, 0.1) is 6.61 Å². The summed E-state index contributed by atoms with van der Waals surface area (Å²) in [5.41, 5.74) is 1.23. The van der Waals surface area contributed by atoms with Gasteiger partial charge in [0.2, 0.25) is 5.56 Å². The van der Waals surface area contributed by atoms with Crippen LogP contribution in [0.5, 0.6) is 0 Å². The Balaban J connectivity index is 2.01. The van der Waals surface area contributed by atoms with E-state index in [1.165, 1.54) is 35.0 Å². The Morgan fingerprint density at radius 2 is 1.91 bits per heavy atom. The Morgan fingerprint density at radius 1 is 1.12 bits per heavy atom. The number of nitrogens with zero attached hydrogens (tertiary/aromatic N) is 1. The molecule has 0 saturated heterocycles. The molecule has 2 N–H and O–H groups in total. The third-order valence-electron chi connectivity index (χ3n) is 5.08. The summed E-state index contributed by atoms with van der Waals surface area (Å²) in [6.07, 6.45) is 1.36. The van der Waals surface area contributed by atoms with Gasteiger partial charge in [-0.2, -0.15) is 0 Å². The van der Waals surface area contributed by atoms with Crippen molar-refractivity contribution in [3.63, 3.8) is 0 Å². The van der Waals surface area contributed by atoms with Crippen molar-refractivity contribution in [1.82, 2.24) is 9.88 Å². The molecule has 3 aromatic rings. The summed E-state index contributed by atoms with van der Waals surface area (Å²) in [6, 6.07) is 13.6. The molecule has 3 rings (SSSR count). The normalized spacial score (nSPS) is 11.8. The van der Waals surface area contributed by atoms with Gasteiger partial charge in [-0.3, -0.25) is 14.4 Å². The fourth-order valence-corrected chi connectivity index (χ4v) is 3.58. The maximum atomic E-state index is 14.8. The zero-order valence-electron chi connectivity index (χ0n) is 17.3. The van der Waals surface area contributed by atoms with Gasteiger partial charge in [0.1, 0.15) is 5.82 Å². The van der Waals surface area contributed by atoms with Gasteiger partial charge in [-0.1, -0.05) is 29.8 Å². The van der Waals surface area contributed by atoms with Crippen LogP contribution in [0.1, 0.15) is 44.2 Å². The topological polar surface area (TPSA) is 88.4 Å². The number of benzene rings is 2. The second-order valence-corrected chi connectivity index (χ2v) is 7.75. The zero-order chi connectivity index (χ0) is 23.3. The summed E-state index contributed by atoms with van der Waals surface area (Å²) in [5, 5.41) is 11.7. The maximum Gasteiger partial charge on any atom is 0.251 e. The minimum Gasteiger partial charge on any atom is -0.395 e. The number of aromatic nitrogens is 1. The van der Waals surface area contributed by atoms with Crippen LogP contribution in [0.25, 0.3) is 0 Å². The predicted octanol–water partition coefficient (Wildman–Crippen LogP) is 3.30. The van der Waals surface area contributed by atoms with Crippen molar-refractivity contribution >= 4 is 23.3 Å². The van der Waals surface area contributed by atoms with E-state index in [1.54, 1.807) is 37.4 Å². The summed E-state index contributed by atoms with van der Waals surface area (Å²) in [7, 11) is 1.55. The summed E-state index contributed by atoms with van der Waals surface area (Å²) in [4.78, 5) is 37.0. The van der Waals surface area contributed by atoms with Gasteiger partial charge in [0, 0.05) is 54.3 Å². The van der Waals surface area contributed by atoms with Gasteiger partial charge in [0.25, 0.3) is 5.91 Å². The number of pyridine rings is 1. The molecule has 1 unspecified atom stereocenters. The molecule has 8 heteroatoms. The molecule has 0 aliphatic carbocycles. The molecule has 32 heavy (non-hydrogen) atoms. The first-order valence-corrected chi connectivity index (χ1v) is 10.3. The molecule has 1 atom stereocenters. The smallest absolute Gasteiger partial charge is 0.251 e. The van der Waals surface area contributed by atoms with Crippen LogP contribution >= 0.6 is 11.6 Å². The average molecular weight is 457 g/mol. The molecule has 2 aromatic carbocycles. The lowest BCUT2D eigenvalue weighted by atomic mass is 9.85. The van der Waals surface area contributed by atoms with Crippen LogP contribution in [0.4, 0.5) is 4.39 Å². The van der Waals surface area contributed by atoms with Crippen LogP contribution in [0.2, 0.25) is 5.02 Å². The lowest BCUT2D eigenvalue weighted by molar-refractivity contribution is 0.0943. The molecule has 1 heterocycles. The number of Topliss-reactive ketones (excluding diaryl/α,β-unsaturated/α-hetero) is 1. The fraction of sp³-hybridized carbons (Fsp3) is 0.208. The number of amides is 1. The van der Waals surface area contributed by atoms with Crippen molar-refractivity contribution in [2.24, 2.45) is 7.05 Å². The lowest BCUT2D eigenvalue weighted by Gasteiger charge is -2.19. The number of aliphatic hydroxyl groups excluding tert-OH is 1. The summed E-state index contributed by atoms with van der Waals surface area (Å²) >= 11 is 5.90. The zero-order valence-corrected chi connectivity index (χ0v) is 18.1. The number of halogens is 2. The molecule has 166 valence electrons. The van der Waals surface area contributed by atoms with Gasteiger partial charge >= 0.3 is 0 Å². The van der Waals surface area contributed by atoms with Crippen LogP contribution in [0.15, 0.2) is 65.6 Å². The Labute approximate surface area is 189 Å². The highest BCUT2D eigenvalue weighted by atomic mass is 35.5. The van der Waals surface area contributed by atoms with Crippen molar-refractivity contribution in [2.45, 2.75) is 12.3 Å². The average Bonchev–Trinajstić information content (AvgIpc) is 2.78. The van der Waals surface area contributed by atoms with E-state index in [0.29, 0.717) is 16.7 Å². The summed E-state index contributed by atoms with van der Waals surface area (Å²) < 4.78 is 16.1. The number of nitrogens with one attached hydrogen (secondary N) is 1. The molecule has 0 aliphatic heterocycles. The Kier molecular flexibility index (Phi) is 7.56. The Hall–Kier alpha value is -3.29. The van der Waals surface area contributed by atoms with Crippen LogP contribution in [-0.4, -0.2) is 34.5 Å². The molecular weight excluding hydrogens is 435 g/mol. The lowest BCUT2D eigenvalue weighted by Crippen LogP contribution is -2.26. The van der Waals surface area contributed by atoms with E-state index in [1.807, 2.05) is 0 Å². The number of aryl methyl sites for hydroxylation is 1. The number of aliphatic hydroxyl groups is 1. The molecule has 6 nitrogen and oxygen atoms in total. The molecule has 1 amide bonds. The molecule has 0 aliphatic rings. The Morgan fingerprint density at radius 3 is 2.59 bits per heavy atom. The van der Waals surface area contributed by atoms with E-state index in [9.17, 15) is 18.8 Å². The molecule has 1 aromatic heterocycles. The second-order valence-electron chi connectivity index (χ2n) is 7.32. The van der Waals surface area contributed by atoms with E-state index in [-0.39, 0.29) is 47.4 Å². The first-order chi connectivity index (χ1) is 15.3. The third-order valence-corrected chi connectivity index (χ3v) is 5.32. The van der Waals surface area contributed by atoms with Crippen molar-refractivity contribution in [3.05, 3.63) is 104 Å². The highest BCUT2D eigenvalue weighted by Gasteiger charge is 2.23. The first-order valence-electron chi connectivity index (χ1n) is 9.94. The van der Waals surface area contributed by atoms with Crippen LogP contribution < -0.4 is 10.9 Å². The molecule has 0 bridgehead atoms. The maximum absolute atomic E-state index is 14.8. The summed E-state index contributed by atoms with van der Waals surface area (Å²) in [6.45, 7) is -0.0956. The molecule has 0 fully saturated rings. The quantitative estimate of drug-likeness (QED) is 0.509. The van der Waals surface area contributed by atoms with E-state index in [4.69, 9.17) is 16.7 Å². The van der Waals surface area contributed by atoms with Gasteiger partial charge in [-0.05, 0) is 41.5 Å². The van der Waals surface area contributed by atoms with Gasteiger partial charge in [-0.15, -0.1) is 0 Å². The molecular formula is C24H22ClFN2O4. The van der Waals surface area contributed by atoms with Gasteiger partial charge in [-0.25, -0.2) is 4.39 Å². The number of rotatable bonds is 8. The van der Waals surface area contributed by atoms with E-state index in [0.717, 1.165) is 0 Å². The summed E-state index contributed by atoms with van der Waals surface area (Å²) in [5.74, 6) is -1.93. The standard InChI is InChI=1S/C24H22ClFN2O4/c1-28-14-17(5-8-23(28)31)22(30)13-20(19-7-6-18(25)12-21(19)26)15-3-2-4-16(11-15)24(32)27-9-10-29/h2-8,11-12,14,20,29H,9-10,13H2,1H3,(H,27,32). The minimum atomic E-state index is -0.692. The van der Waals surface area contributed by atoms with Crippen molar-refractivity contribution in [3.8, 4) is 0 Å². The number of carbonyl (C=O) groups excluding carboxylic acids is 2. The number of carbonyl (C=O) groups is 2. The highest BCUT2D eigenvalue weighted by molar-refractivity contribution is 6.30. The second kappa shape index (κ2) is 10.3. The number of hydrogen-bond donors (Lipinski definition) is 2. The largest absolute Gasteiger partial charge is 0.395 e. The fourth-order valence-electron chi connectivity index (χ4n) is 3.42. The molecule has 0 saturated carbocycles. The van der Waals surface area contributed by atoms with Crippen LogP contribution in [0.3, 0.4) is 0 Å². The first kappa shape index (κ1) is 23.4. The van der Waals surface area contributed by atoms with Crippen molar-refractivity contribution < 1.29 is 19.1 Å². The van der Waals surface area contributed by atoms with Crippen LogP contribution in [0, 0.1) is 5.82 Å². The number of ketones is 1. The molecule has 0 spiro atoms.